The Morgan fingerprint density at radius 1 is 1.20 bits per heavy atom. The fourth-order valence-electron chi connectivity index (χ4n) is 3.02. The van der Waals surface area contributed by atoms with Crippen LogP contribution in [0.4, 0.5) is 0 Å². The van der Waals surface area contributed by atoms with Crippen molar-refractivity contribution in [2.24, 2.45) is 5.92 Å². The molecule has 1 N–H and O–H groups in total. The van der Waals surface area contributed by atoms with Crippen molar-refractivity contribution in [3.63, 3.8) is 0 Å². The summed E-state index contributed by atoms with van der Waals surface area (Å²) in [6.07, 6.45) is 2.32. The number of amides is 2. The fourth-order valence-corrected chi connectivity index (χ4v) is 3.02. The molecule has 1 heterocycles. The molecule has 0 bridgehead atoms. The SMILES string of the molecule is CC1C(=O)NC(c2ccccc2)C(=O)N1C(C)C1CC1. The van der Waals surface area contributed by atoms with Crippen molar-refractivity contribution in [1.82, 2.24) is 10.2 Å². The molecule has 20 heavy (non-hydrogen) atoms. The Labute approximate surface area is 119 Å². The number of hydrogen-bond donors (Lipinski definition) is 1. The van der Waals surface area contributed by atoms with Crippen LogP contribution in [0.2, 0.25) is 0 Å². The molecule has 0 aromatic heterocycles. The lowest BCUT2D eigenvalue weighted by Crippen LogP contribution is -2.61. The Morgan fingerprint density at radius 3 is 2.45 bits per heavy atom. The molecule has 0 radical (unpaired) electrons. The lowest BCUT2D eigenvalue weighted by atomic mass is 9.98. The summed E-state index contributed by atoms with van der Waals surface area (Å²) in [5.41, 5.74) is 0.853. The normalized spacial score (nSPS) is 28.2. The molecule has 1 saturated carbocycles. The second-order valence-electron chi connectivity index (χ2n) is 5.85. The lowest BCUT2D eigenvalue weighted by molar-refractivity contribution is -0.151. The van der Waals surface area contributed by atoms with Crippen molar-refractivity contribution in [3.8, 4) is 0 Å². The highest BCUT2D eigenvalue weighted by Gasteiger charge is 2.44. The van der Waals surface area contributed by atoms with Gasteiger partial charge in [-0.15, -0.1) is 0 Å². The number of nitrogens with one attached hydrogen (secondary N) is 1. The Bertz CT molecular complexity index is 525. The molecule has 1 saturated heterocycles. The van der Waals surface area contributed by atoms with Crippen LogP contribution in [-0.2, 0) is 9.59 Å². The lowest BCUT2D eigenvalue weighted by Gasteiger charge is -2.41. The predicted octanol–water partition coefficient (Wildman–Crippen LogP) is 1.87. The van der Waals surface area contributed by atoms with Crippen molar-refractivity contribution >= 4 is 11.8 Å². The summed E-state index contributed by atoms with van der Waals surface area (Å²) < 4.78 is 0. The van der Waals surface area contributed by atoms with Crippen LogP contribution in [0.15, 0.2) is 30.3 Å². The number of piperazine rings is 1. The van der Waals surface area contributed by atoms with Crippen LogP contribution < -0.4 is 5.32 Å². The molecule has 3 unspecified atom stereocenters. The Kier molecular flexibility index (Phi) is 3.24. The van der Waals surface area contributed by atoms with Gasteiger partial charge in [0.15, 0.2) is 0 Å². The minimum absolute atomic E-state index is 0.0164. The molecular formula is C16H20N2O2. The van der Waals surface area contributed by atoms with Gasteiger partial charge < -0.3 is 10.2 Å². The molecule has 4 nitrogen and oxygen atoms in total. The predicted molar refractivity (Wildman–Crippen MR) is 75.8 cm³/mol. The van der Waals surface area contributed by atoms with Crippen LogP contribution in [0.25, 0.3) is 0 Å². The van der Waals surface area contributed by atoms with Gasteiger partial charge in [0.2, 0.25) is 5.91 Å². The first-order valence-corrected chi connectivity index (χ1v) is 7.27. The van der Waals surface area contributed by atoms with Gasteiger partial charge in [-0.2, -0.15) is 0 Å². The third kappa shape index (κ3) is 2.19. The molecule has 2 aliphatic rings. The third-order valence-electron chi connectivity index (χ3n) is 4.46. The highest BCUT2D eigenvalue weighted by molar-refractivity contribution is 5.97. The number of benzene rings is 1. The zero-order chi connectivity index (χ0) is 14.3. The maximum absolute atomic E-state index is 12.8. The van der Waals surface area contributed by atoms with E-state index in [9.17, 15) is 9.59 Å². The van der Waals surface area contributed by atoms with Crippen LogP contribution in [0.3, 0.4) is 0 Å². The van der Waals surface area contributed by atoms with Crippen LogP contribution in [0.5, 0.6) is 0 Å². The van der Waals surface area contributed by atoms with Gasteiger partial charge in [0.05, 0.1) is 0 Å². The highest BCUT2D eigenvalue weighted by atomic mass is 16.2. The summed E-state index contributed by atoms with van der Waals surface area (Å²) in [7, 11) is 0. The van der Waals surface area contributed by atoms with E-state index in [0.29, 0.717) is 5.92 Å². The minimum Gasteiger partial charge on any atom is -0.339 e. The maximum atomic E-state index is 12.8. The minimum atomic E-state index is -0.541. The molecule has 4 heteroatoms. The summed E-state index contributed by atoms with van der Waals surface area (Å²) in [5.74, 6) is 0.511. The van der Waals surface area contributed by atoms with Crippen molar-refractivity contribution < 1.29 is 9.59 Å². The van der Waals surface area contributed by atoms with E-state index in [-0.39, 0.29) is 23.9 Å². The van der Waals surface area contributed by atoms with Crippen LogP contribution in [-0.4, -0.2) is 28.8 Å². The quantitative estimate of drug-likeness (QED) is 0.913. The fraction of sp³-hybridized carbons (Fsp3) is 0.500. The molecule has 2 fully saturated rings. The van der Waals surface area contributed by atoms with Gasteiger partial charge >= 0.3 is 0 Å². The smallest absolute Gasteiger partial charge is 0.250 e. The Balaban J connectivity index is 1.90. The average molecular weight is 272 g/mol. The standard InChI is InChI=1S/C16H20N2O2/c1-10(12-8-9-12)18-11(2)15(19)17-14(16(18)20)13-6-4-3-5-7-13/h3-7,10-12,14H,8-9H2,1-2H3,(H,17,19). The van der Waals surface area contributed by atoms with Crippen LogP contribution in [0, 0.1) is 5.92 Å². The topological polar surface area (TPSA) is 49.4 Å². The van der Waals surface area contributed by atoms with Crippen molar-refractivity contribution in [2.75, 3.05) is 0 Å². The largest absolute Gasteiger partial charge is 0.339 e. The second kappa shape index (κ2) is 4.93. The monoisotopic (exact) mass is 272 g/mol. The highest BCUT2D eigenvalue weighted by Crippen LogP contribution is 2.37. The van der Waals surface area contributed by atoms with Gasteiger partial charge in [-0.3, -0.25) is 9.59 Å². The van der Waals surface area contributed by atoms with E-state index in [1.54, 1.807) is 4.90 Å². The van der Waals surface area contributed by atoms with Crippen molar-refractivity contribution in [1.29, 1.82) is 0 Å². The summed E-state index contributed by atoms with van der Waals surface area (Å²) in [4.78, 5) is 26.7. The molecule has 3 rings (SSSR count). The van der Waals surface area contributed by atoms with Gasteiger partial charge in [-0.25, -0.2) is 0 Å². The molecule has 3 atom stereocenters. The number of rotatable bonds is 3. The molecule has 2 amide bonds. The average Bonchev–Trinajstić information content (AvgIpc) is 3.28. The third-order valence-corrected chi connectivity index (χ3v) is 4.46. The van der Waals surface area contributed by atoms with Crippen LogP contribution in [0.1, 0.15) is 38.3 Å². The van der Waals surface area contributed by atoms with Gasteiger partial charge in [-0.05, 0) is 38.2 Å². The second-order valence-corrected chi connectivity index (χ2v) is 5.85. The van der Waals surface area contributed by atoms with Gasteiger partial charge in [0, 0.05) is 6.04 Å². The first-order chi connectivity index (χ1) is 9.59. The van der Waals surface area contributed by atoms with E-state index < -0.39 is 6.04 Å². The van der Waals surface area contributed by atoms with E-state index in [4.69, 9.17) is 0 Å². The van der Waals surface area contributed by atoms with Crippen molar-refractivity contribution in [3.05, 3.63) is 35.9 Å². The summed E-state index contributed by atoms with van der Waals surface area (Å²) in [6.45, 7) is 3.88. The van der Waals surface area contributed by atoms with Gasteiger partial charge in [-0.1, -0.05) is 30.3 Å². The molecule has 1 aliphatic heterocycles. The Morgan fingerprint density at radius 2 is 1.85 bits per heavy atom. The number of nitrogens with zero attached hydrogens (tertiary/aromatic N) is 1. The number of carbonyl (C=O) groups is 2. The first-order valence-electron chi connectivity index (χ1n) is 7.27. The number of hydrogen-bond acceptors (Lipinski definition) is 2. The van der Waals surface area contributed by atoms with Crippen molar-refractivity contribution in [2.45, 2.75) is 44.8 Å². The Hall–Kier alpha value is -1.84. The molecule has 106 valence electrons. The maximum Gasteiger partial charge on any atom is 0.250 e. The van der Waals surface area contributed by atoms with E-state index >= 15 is 0 Å². The van der Waals surface area contributed by atoms with E-state index in [0.717, 1.165) is 18.4 Å². The molecule has 1 aliphatic carbocycles. The molecule has 1 aromatic carbocycles. The molecule has 1 aromatic rings. The summed E-state index contributed by atoms with van der Waals surface area (Å²) in [5, 5.41) is 2.85. The van der Waals surface area contributed by atoms with E-state index in [1.165, 1.54) is 0 Å². The van der Waals surface area contributed by atoms with Gasteiger partial charge in [0.1, 0.15) is 12.1 Å². The summed E-state index contributed by atoms with van der Waals surface area (Å²) in [6, 6.07) is 8.70. The van der Waals surface area contributed by atoms with E-state index in [1.807, 2.05) is 37.3 Å². The van der Waals surface area contributed by atoms with E-state index in [2.05, 4.69) is 12.2 Å². The van der Waals surface area contributed by atoms with Gasteiger partial charge in [0.25, 0.3) is 5.91 Å². The zero-order valence-electron chi connectivity index (χ0n) is 11.9. The molecule has 0 spiro atoms. The zero-order valence-corrected chi connectivity index (χ0v) is 11.9. The summed E-state index contributed by atoms with van der Waals surface area (Å²) >= 11 is 0. The first kappa shape index (κ1) is 13.2. The molecular weight excluding hydrogens is 252 g/mol. The van der Waals surface area contributed by atoms with Crippen LogP contribution >= 0.6 is 0 Å². The number of carbonyl (C=O) groups excluding carboxylic acids is 2.